The molecule has 1 aliphatic heterocycles. The molecule has 0 spiro atoms. The van der Waals surface area contributed by atoms with Gasteiger partial charge in [0, 0.05) is 19.2 Å². The summed E-state index contributed by atoms with van der Waals surface area (Å²) in [6.07, 6.45) is -2.66. The smallest absolute Gasteiger partial charge is 0.338 e. The van der Waals surface area contributed by atoms with Gasteiger partial charge in [0.1, 0.15) is 5.60 Å². The Kier molecular flexibility index (Phi) is 5.59. The van der Waals surface area contributed by atoms with Crippen LogP contribution in [0.2, 0.25) is 0 Å². The second kappa shape index (κ2) is 7.84. The van der Waals surface area contributed by atoms with Crippen LogP contribution >= 0.6 is 0 Å². The molecule has 4 atom stereocenters. The SMILES string of the molecule is CC(=O)O[C@H]1[C@@](C)(O)[C@H](n2ccc(=O)[nH]c2=O)O[C@]1(F)COC(=O)c1ccccc1. The van der Waals surface area contributed by atoms with Crippen LogP contribution in [0.5, 0.6) is 0 Å². The van der Waals surface area contributed by atoms with E-state index in [0.717, 1.165) is 30.7 Å². The summed E-state index contributed by atoms with van der Waals surface area (Å²) in [4.78, 5) is 49.0. The lowest BCUT2D eigenvalue weighted by atomic mass is 9.95. The molecular weight excluding hydrogens is 403 g/mol. The minimum Gasteiger partial charge on any atom is -0.456 e. The Bertz CT molecular complexity index is 1060. The third kappa shape index (κ3) is 4.02. The van der Waals surface area contributed by atoms with Gasteiger partial charge in [-0.25, -0.2) is 14.0 Å². The summed E-state index contributed by atoms with van der Waals surface area (Å²) in [6.45, 7) is 1.04. The molecule has 1 fully saturated rings. The van der Waals surface area contributed by atoms with E-state index in [9.17, 15) is 24.3 Å². The van der Waals surface area contributed by atoms with Crippen LogP contribution in [-0.4, -0.2) is 50.8 Å². The Morgan fingerprint density at radius 3 is 2.53 bits per heavy atom. The maximum Gasteiger partial charge on any atom is 0.338 e. The number of H-pyrrole nitrogens is 1. The van der Waals surface area contributed by atoms with E-state index in [1.54, 1.807) is 18.2 Å². The maximum atomic E-state index is 15.7. The lowest BCUT2D eigenvalue weighted by molar-refractivity contribution is -0.217. The van der Waals surface area contributed by atoms with Gasteiger partial charge in [0.05, 0.1) is 5.56 Å². The first kappa shape index (κ1) is 21.4. The molecule has 2 N–H and O–H groups in total. The van der Waals surface area contributed by atoms with Crippen molar-refractivity contribution in [3.63, 3.8) is 0 Å². The highest BCUT2D eigenvalue weighted by atomic mass is 19.2. The molecule has 10 nitrogen and oxygen atoms in total. The number of halogens is 1. The standard InChI is InChI=1S/C19H19FN2O8/c1-11(23)29-15-18(2,27)16(22-9-8-13(24)21-17(22)26)30-19(15,20)10-28-14(25)12-6-4-3-5-7-12/h3-9,15-16,27H,10H2,1-2H3,(H,21,24,26)/t15-,16+,18+,19+/m0/s1. The van der Waals surface area contributed by atoms with Gasteiger partial charge in [0.2, 0.25) is 0 Å². The average Bonchev–Trinajstić information content (AvgIpc) is 2.87. The molecule has 0 bridgehead atoms. The van der Waals surface area contributed by atoms with E-state index in [2.05, 4.69) is 0 Å². The van der Waals surface area contributed by atoms with Crippen molar-refractivity contribution in [3.05, 3.63) is 69.0 Å². The molecule has 2 heterocycles. The highest BCUT2D eigenvalue weighted by molar-refractivity contribution is 5.89. The molecule has 0 unspecified atom stereocenters. The summed E-state index contributed by atoms with van der Waals surface area (Å²) in [5.41, 5.74) is -3.82. The number of aromatic amines is 1. The molecule has 160 valence electrons. The fourth-order valence-corrected chi connectivity index (χ4v) is 3.19. The van der Waals surface area contributed by atoms with E-state index in [4.69, 9.17) is 14.2 Å². The molecule has 1 saturated heterocycles. The van der Waals surface area contributed by atoms with E-state index in [1.165, 1.54) is 12.1 Å². The van der Waals surface area contributed by atoms with Crippen molar-refractivity contribution in [2.24, 2.45) is 0 Å². The molecule has 0 radical (unpaired) electrons. The van der Waals surface area contributed by atoms with Gasteiger partial charge >= 0.3 is 17.6 Å². The van der Waals surface area contributed by atoms with Gasteiger partial charge in [-0.05, 0) is 19.1 Å². The number of aliphatic hydroxyl groups is 1. The van der Waals surface area contributed by atoms with Gasteiger partial charge in [0.15, 0.2) is 18.9 Å². The predicted octanol–water partition coefficient (Wildman–Crippen LogP) is 0.271. The zero-order valence-electron chi connectivity index (χ0n) is 16.0. The Hall–Kier alpha value is -3.31. The van der Waals surface area contributed by atoms with Crippen molar-refractivity contribution in [3.8, 4) is 0 Å². The lowest BCUT2D eigenvalue weighted by Crippen LogP contribution is -2.52. The molecule has 1 aliphatic rings. The first-order valence-electron chi connectivity index (χ1n) is 8.84. The number of nitrogens with zero attached hydrogens (tertiary/aromatic N) is 1. The van der Waals surface area contributed by atoms with Crippen LogP contribution in [0.4, 0.5) is 4.39 Å². The molecule has 1 aromatic carbocycles. The normalized spacial score (nSPS) is 28.1. The van der Waals surface area contributed by atoms with E-state index in [0.29, 0.717) is 0 Å². The third-order valence-electron chi connectivity index (χ3n) is 4.53. The van der Waals surface area contributed by atoms with Crippen molar-refractivity contribution in [1.82, 2.24) is 9.55 Å². The fourth-order valence-electron chi connectivity index (χ4n) is 3.19. The number of rotatable bonds is 5. The summed E-state index contributed by atoms with van der Waals surface area (Å²) in [7, 11) is 0. The highest BCUT2D eigenvalue weighted by Gasteiger charge is 2.66. The number of hydrogen-bond donors (Lipinski definition) is 2. The average molecular weight is 422 g/mol. The molecule has 11 heteroatoms. The topological polar surface area (TPSA) is 137 Å². The van der Waals surface area contributed by atoms with Crippen LogP contribution in [0, 0.1) is 0 Å². The van der Waals surface area contributed by atoms with Crippen molar-refractivity contribution in [1.29, 1.82) is 0 Å². The zero-order valence-corrected chi connectivity index (χ0v) is 16.0. The molecular formula is C19H19FN2O8. The number of carbonyl (C=O) groups is 2. The van der Waals surface area contributed by atoms with Crippen LogP contribution in [0.15, 0.2) is 52.2 Å². The van der Waals surface area contributed by atoms with Crippen LogP contribution in [0.1, 0.15) is 30.4 Å². The number of esters is 2. The Morgan fingerprint density at radius 2 is 1.93 bits per heavy atom. The van der Waals surface area contributed by atoms with E-state index >= 15 is 4.39 Å². The maximum absolute atomic E-state index is 15.7. The fraction of sp³-hybridized carbons (Fsp3) is 0.368. The van der Waals surface area contributed by atoms with Crippen LogP contribution in [0.25, 0.3) is 0 Å². The molecule has 0 aliphatic carbocycles. The minimum atomic E-state index is -2.99. The van der Waals surface area contributed by atoms with E-state index in [1.807, 2.05) is 4.98 Å². The number of aromatic nitrogens is 2. The zero-order chi connectivity index (χ0) is 22.1. The lowest BCUT2D eigenvalue weighted by Gasteiger charge is -2.30. The number of alkyl halides is 1. The minimum absolute atomic E-state index is 0.142. The summed E-state index contributed by atoms with van der Waals surface area (Å²) in [5.74, 6) is -4.79. The summed E-state index contributed by atoms with van der Waals surface area (Å²) in [5, 5.41) is 10.9. The van der Waals surface area contributed by atoms with Gasteiger partial charge in [-0.2, -0.15) is 0 Å². The van der Waals surface area contributed by atoms with E-state index in [-0.39, 0.29) is 5.56 Å². The summed E-state index contributed by atoms with van der Waals surface area (Å²) < 4.78 is 31.6. The highest BCUT2D eigenvalue weighted by Crippen LogP contribution is 2.46. The van der Waals surface area contributed by atoms with Crippen LogP contribution in [0.3, 0.4) is 0 Å². The molecule has 0 amide bonds. The molecule has 3 rings (SSSR count). The third-order valence-corrected chi connectivity index (χ3v) is 4.53. The van der Waals surface area contributed by atoms with Crippen molar-refractivity contribution < 1.29 is 33.3 Å². The Balaban J connectivity index is 1.92. The van der Waals surface area contributed by atoms with Crippen LogP contribution < -0.4 is 11.2 Å². The Labute approximate surface area is 168 Å². The largest absolute Gasteiger partial charge is 0.456 e. The number of carbonyl (C=O) groups excluding carboxylic acids is 2. The van der Waals surface area contributed by atoms with Gasteiger partial charge in [0.25, 0.3) is 11.4 Å². The number of nitrogens with one attached hydrogen (secondary N) is 1. The number of ether oxygens (including phenoxy) is 3. The van der Waals surface area contributed by atoms with Gasteiger partial charge in [-0.3, -0.25) is 19.1 Å². The molecule has 2 aromatic rings. The van der Waals surface area contributed by atoms with Gasteiger partial charge in [-0.1, -0.05) is 18.2 Å². The van der Waals surface area contributed by atoms with Crippen molar-refractivity contribution in [2.75, 3.05) is 6.61 Å². The molecule has 0 saturated carbocycles. The predicted molar refractivity (Wildman–Crippen MR) is 98.2 cm³/mol. The Morgan fingerprint density at radius 1 is 1.27 bits per heavy atom. The quantitative estimate of drug-likeness (QED) is 0.655. The molecule has 30 heavy (non-hydrogen) atoms. The van der Waals surface area contributed by atoms with Crippen molar-refractivity contribution >= 4 is 11.9 Å². The van der Waals surface area contributed by atoms with E-state index < -0.39 is 53.6 Å². The van der Waals surface area contributed by atoms with Gasteiger partial charge in [-0.15, -0.1) is 0 Å². The summed E-state index contributed by atoms with van der Waals surface area (Å²) >= 11 is 0. The first-order chi connectivity index (χ1) is 14.0. The van der Waals surface area contributed by atoms with Gasteiger partial charge < -0.3 is 19.3 Å². The van der Waals surface area contributed by atoms with Crippen molar-refractivity contribution in [2.45, 2.75) is 37.6 Å². The number of benzene rings is 1. The van der Waals surface area contributed by atoms with Crippen LogP contribution in [-0.2, 0) is 19.0 Å². The first-order valence-corrected chi connectivity index (χ1v) is 8.84. The molecule has 1 aromatic heterocycles. The number of hydrogen-bond acceptors (Lipinski definition) is 8. The second-order valence-electron chi connectivity index (χ2n) is 6.93. The monoisotopic (exact) mass is 422 g/mol. The second-order valence-corrected chi connectivity index (χ2v) is 6.93. The summed E-state index contributed by atoms with van der Waals surface area (Å²) in [6, 6.07) is 8.71.